The Bertz CT molecular complexity index is 727. The second kappa shape index (κ2) is 4.97. The number of rotatable bonds is 3. The highest BCUT2D eigenvalue weighted by atomic mass is 35.5. The predicted octanol–water partition coefficient (Wildman–Crippen LogP) is 2.21. The Morgan fingerprint density at radius 1 is 1.40 bits per heavy atom. The van der Waals surface area contributed by atoms with E-state index in [4.69, 9.17) is 11.6 Å². The molecule has 0 radical (unpaired) electrons. The number of hydrogen-bond acceptors (Lipinski definition) is 3. The quantitative estimate of drug-likeness (QED) is 0.726. The summed E-state index contributed by atoms with van der Waals surface area (Å²) in [5.74, 6) is 0.337. The maximum atomic E-state index is 11.2. The van der Waals surface area contributed by atoms with Gasteiger partial charge in [-0.15, -0.1) is 16.7 Å². The number of benzene rings is 1. The molecule has 3 rings (SSSR count). The number of alkyl halides is 1. The van der Waals surface area contributed by atoms with Gasteiger partial charge in [0.2, 0.25) is 5.91 Å². The van der Waals surface area contributed by atoms with Crippen LogP contribution in [0.3, 0.4) is 0 Å². The van der Waals surface area contributed by atoms with Crippen LogP contribution in [0, 0.1) is 6.92 Å². The van der Waals surface area contributed by atoms with Crippen molar-refractivity contribution in [3.05, 3.63) is 36.0 Å². The second-order valence-electron chi connectivity index (χ2n) is 4.40. The lowest BCUT2D eigenvalue weighted by Gasteiger charge is -2.03. The smallest absolute Gasteiger partial charge is 0.239 e. The van der Waals surface area contributed by atoms with Crippen molar-refractivity contribution in [3.8, 4) is 11.4 Å². The fourth-order valence-corrected chi connectivity index (χ4v) is 1.98. The van der Waals surface area contributed by atoms with E-state index >= 15 is 0 Å². The molecule has 2 aromatic heterocycles. The van der Waals surface area contributed by atoms with E-state index in [0.717, 1.165) is 16.9 Å². The van der Waals surface area contributed by atoms with Crippen LogP contribution in [-0.2, 0) is 4.79 Å². The molecule has 1 amide bonds. The monoisotopic (exact) mass is 289 g/mol. The van der Waals surface area contributed by atoms with Crippen molar-refractivity contribution in [2.24, 2.45) is 0 Å². The maximum absolute atomic E-state index is 11.2. The summed E-state index contributed by atoms with van der Waals surface area (Å²) in [4.78, 5) is 15.6. The van der Waals surface area contributed by atoms with E-state index in [-0.39, 0.29) is 11.8 Å². The van der Waals surface area contributed by atoms with Gasteiger partial charge in [0.1, 0.15) is 5.88 Å². The second-order valence-corrected chi connectivity index (χ2v) is 4.67. The van der Waals surface area contributed by atoms with Crippen molar-refractivity contribution in [1.29, 1.82) is 0 Å². The molecule has 0 unspecified atom stereocenters. The van der Waals surface area contributed by atoms with Gasteiger partial charge in [-0.2, -0.15) is 4.63 Å². The third-order valence-electron chi connectivity index (χ3n) is 2.81. The van der Waals surface area contributed by atoms with Crippen LogP contribution in [0.15, 0.2) is 30.3 Å². The van der Waals surface area contributed by atoms with Crippen LogP contribution in [0.2, 0.25) is 0 Å². The Kier molecular flexibility index (Phi) is 3.15. The normalized spacial score (nSPS) is 10.9. The summed E-state index contributed by atoms with van der Waals surface area (Å²) in [5, 5.41) is 10.1. The molecule has 0 saturated heterocycles. The molecule has 0 atom stereocenters. The van der Waals surface area contributed by atoms with Crippen molar-refractivity contribution < 1.29 is 4.79 Å². The Labute approximate surface area is 119 Å². The number of nitrogens with one attached hydrogen (secondary N) is 2. The minimum Gasteiger partial charge on any atom is -0.325 e. The molecule has 7 heteroatoms. The van der Waals surface area contributed by atoms with E-state index in [1.54, 1.807) is 16.8 Å². The number of amides is 1. The van der Waals surface area contributed by atoms with Crippen LogP contribution in [0.5, 0.6) is 0 Å². The van der Waals surface area contributed by atoms with Gasteiger partial charge in [-0.3, -0.25) is 9.89 Å². The number of H-pyrrole nitrogens is 1. The number of aryl methyl sites for hydroxylation is 1. The average Bonchev–Trinajstić information content (AvgIpc) is 2.96. The zero-order valence-electron chi connectivity index (χ0n) is 10.7. The molecule has 3 aromatic rings. The maximum Gasteiger partial charge on any atom is 0.239 e. The number of aromatic nitrogens is 4. The summed E-state index contributed by atoms with van der Waals surface area (Å²) in [6, 6.07) is 9.21. The molecule has 6 nitrogen and oxygen atoms in total. The van der Waals surface area contributed by atoms with Crippen LogP contribution in [0.1, 0.15) is 5.69 Å². The molecule has 2 heterocycles. The predicted molar refractivity (Wildman–Crippen MR) is 76.9 cm³/mol. The van der Waals surface area contributed by atoms with E-state index in [1.807, 2.05) is 25.1 Å². The van der Waals surface area contributed by atoms with Crippen molar-refractivity contribution in [2.45, 2.75) is 6.92 Å². The molecule has 0 aliphatic carbocycles. The third-order valence-corrected chi connectivity index (χ3v) is 3.05. The number of halogens is 1. The molecule has 0 bridgehead atoms. The molecule has 0 saturated carbocycles. The zero-order chi connectivity index (χ0) is 14.1. The van der Waals surface area contributed by atoms with Gasteiger partial charge < -0.3 is 5.32 Å². The number of fused-ring (bicyclic) bond motifs is 1. The largest absolute Gasteiger partial charge is 0.325 e. The number of carbonyl (C=O) groups excluding carboxylic acids is 1. The molecule has 1 aromatic carbocycles. The minimum atomic E-state index is -0.233. The lowest BCUT2D eigenvalue weighted by atomic mass is 10.2. The van der Waals surface area contributed by atoms with Crippen LogP contribution in [0.25, 0.3) is 17.0 Å². The van der Waals surface area contributed by atoms with Gasteiger partial charge in [-0.25, -0.2) is 4.98 Å². The van der Waals surface area contributed by atoms with Crippen molar-refractivity contribution in [1.82, 2.24) is 19.8 Å². The van der Waals surface area contributed by atoms with Gasteiger partial charge in [0.15, 0.2) is 11.5 Å². The van der Waals surface area contributed by atoms with E-state index in [0.29, 0.717) is 11.5 Å². The Hall–Kier alpha value is -2.34. The molecular weight excluding hydrogens is 278 g/mol. The van der Waals surface area contributed by atoms with Crippen molar-refractivity contribution >= 4 is 28.8 Å². The van der Waals surface area contributed by atoms with E-state index in [2.05, 4.69) is 20.5 Å². The van der Waals surface area contributed by atoms with E-state index in [9.17, 15) is 4.79 Å². The highest BCUT2D eigenvalue weighted by molar-refractivity contribution is 6.29. The SMILES string of the molecule is Cc1cc2nc(-c3ccc(NC(=O)CCl)cc3)nn2[nH]1. The molecule has 2 N–H and O–H groups in total. The standard InChI is InChI=1S/C13H12ClN5O/c1-8-6-11-16-13(18-19(11)17-8)9-2-4-10(5-3-9)15-12(20)7-14/h2-6,17H,7H2,1H3,(H,15,20). The Morgan fingerprint density at radius 2 is 2.15 bits per heavy atom. The average molecular weight is 290 g/mol. The van der Waals surface area contributed by atoms with Crippen LogP contribution in [0.4, 0.5) is 5.69 Å². The summed E-state index contributed by atoms with van der Waals surface area (Å²) >= 11 is 5.44. The van der Waals surface area contributed by atoms with Gasteiger partial charge in [-0.1, -0.05) is 0 Å². The Morgan fingerprint density at radius 3 is 2.80 bits per heavy atom. The fourth-order valence-electron chi connectivity index (χ4n) is 1.91. The summed E-state index contributed by atoms with van der Waals surface area (Å²) in [7, 11) is 0. The highest BCUT2D eigenvalue weighted by Crippen LogP contribution is 2.19. The van der Waals surface area contributed by atoms with Crippen LogP contribution < -0.4 is 5.32 Å². The molecule has 0 spiro atoms. The van der Waals surface area contributed by atoms with Gasteiger partial charge in [0.05, 0.1) is 0 Å². The van der Waals surface area contributed by atoms with Crippen LogP contribution in [-0.4, -0.2) is 31.6 Å². The van der Waals surface area contributed by atoms with Crippen molar-refractivity contribution in [2.75, 3.05) is 11.2 Å². The zero-order valence-corrected chi connectivity index (χ0v) is 11.5. The highest BCUT2D eigenvalue weighted by Gasteiger charge is 2.08. The molecule has 102 valence electrons. The molecule has 0 aliphatic rings. The number of aromatic amines is 1. The molecule has 0 aliphatic heterocycles. The molecule has 0 fully saturated rings. The summed E-state index contributed by atoms with van der Waals surface area (Å²) in [6.45, 7) is 1.95. The fraction of sp³-hybridized carbons (Fsp3) is 0.154. The first-order valence-corrected chi connectivity index (χ1v) is 6.58. The molecule has 20 heavy (non-hydrogen) atoms. The lowest BCUT2D eigenvalue weighted by Crippen LogP contribution is -2.12. The van der Waals surface area contributed by atoms with Crippen LogP contribution >= 0.6 is 11.6 Å². The summed E-state index contributed by atoms with van der Waals surface area (Å²) < 4.78 is 1.63. The van der Waals surface area contributed by atoms with Gasteiger partial charge >= 0.3 is 0 Å². The lowest BCUT2D eigenvalue weighted by molar-refractivity contribution is -0.113. The number of carbonyl (C=O) groups is 1. The third kappa shape index (κ3) is 2.37. The van der Waals surface area contributed by atoms with Gasteiger partial charge in [0.25, 0.3) is 0 Å². The minimum absolute atomic E-state index is 0.0611. The summed E-state index contributed by atoms with van der Waals surface area (Å²) in [5.41, 5.74) is 3.35. The summed E-state index contributed by atoms with van der Waals surface area (Å²) in [6.07, 6.45) is 0. The number of nitrogens with zero attached hydrogens (tertiary/aromatic N) is 3. The molecular formula is C13H12ClN5O. The number of hydrogen-bond donors (Lipinski definition) is 2. The first kappa shape index (κ1) is 12.7. The van der Waals surface area contributed by atoms with E-state index < -0.39 is 0 Å². The van der Waals surface area contributed by atoms with Gasteiger partial charge in [0, 0.05) is 23.0 Å². The van der Waals surface area contributed by atoms with Gasteiger partial charge in [-0.05, 0) is 31.2 Å². The number of anilines is 1. The topological polar surface area (TPSA) is 75.1 Å². The first-order valence-electron chi connectivity index (χ1n) is 6.04. The van der Waals surface area contributed by atoms with E-state index in [1.165, 1.54) is 0 Å². The van der Waals surface area contributed by atoms with Crippen molar-refractivity contribution in [3.63, 3.8) is 0 Å². The first-order chi connectivity index (χ1) is 9.65. The Balaban J connectivity index is 1.86.